The van der Waals surface area contributed by atoms with Crippen LogP contribution in [0.4, 0.5) is 10.2 Å². The lowest BCUT2D eigenvalue weighted by Gasteiger charge is -2.31. The number of aromatic nitrogens is 2. The summed E-state index contributed by atoms with van der Waals surface area (Å²) in [6.45, 7) is 8.52. The molecule has 3 aromatic rings. The van der Waals surface area contributed by atoms with Crippen LogP contribution in [0, 0.1) is 12.7 Å². The van der Waals surface area contributed by atoms with Crippen LogP contribution < -0.4 is 4.90 Å². The molecule has 10 heteroatoms. The van der Waals surface area contributed by atoms with Gasteiger partial charge < -0.3 is 19.4 Å². The first kappa shape index (κ1) is 28.6. The van der Waals surface area contributed by atoms with Crippen LogP contribution in [0.1, 0.15) is 22.3 Å². The van der Waals surface area contributed by atoms with Crippen molar-refractivity contribution in [3.05, 3.63) is 77.6 Å². The third-order valence-corrected chi connectivity index (χ3v) is 7.66. The normalized spacial score (nSPS) is 16.3. The number of anilines is 1. The number of halogens is 1. The van der Waals surface area contributed by atoms with Crippen LogP contribution in [0.5, 0.6) is 0 Å². The average Bonchev–Trinajstić information content (AvgIpc) is 3.27. The maximum absolute atomic E-state index is 13.5. The van der Waals surface area contributed by atoms with Gasteiger partial charge in [0, 0.05) is 63.5 Å². The predicted octanol–water partition coefficient (Wildman–Crippen LogP) is 3.10. The third-order valence-electron chi connectivity index (χ3n) is 7.66. The van der Waals surface area contributed by atoms with E-state index in [1.165, 1.54) is 29.8 Å². The Labute approximate surface area is 240 Å². The minimum Gasteiger partial charge on any atom is -0.379 e. The number of nitrogens with zero attached hydrogens (tertiary/aromatic N) is 6. The molecule has 0 spiro atoms. The third kappa shape index (κ3) is 7.65. The van der Waals surface area contributed by atoms with E-state index in [0.29, 0.717) is 51.5 Å². The monoisotopic (exact) mass is 560 g/mol. The zero-order chi connectivity index (χ0) is 28.6. The lowest BCUT2D eigenvalue weighted by Crippen LogP contribution is -2.47. The van der Waals surface area contributed by atoms with Gasteiger partial charge in [0.05, 0.1) is 18.9 Å². The number of hydrogen-bond acceptors (Lipinski definition) is 7. The molecule has 0 unspecified atom stereocenters. The molecule has 9 nitrogen and oxygen atoms in total. The van der Waals surface area contributed by atoms with Gasteiger partial charge in [-0.3, -0.25) is 14.5 Å². The van der Waals surface area contributed by atoms with Gasteiger partial charge in [-0.1, -0.05) is 29.8 Å². The van der Waals surface area contributed by atoms with Crippen LogP contribution in [0.2, 0.25) is 0 Å². The van der Waals surface area contributed by atoms with E-state index in [2.05, 4.69) is 39.1 Å². The fourth-order valence-corrected chi connectivity index (χ4v) is 5.15. The molecule has 1 aromatic heterocycles. The molecule has 2 aromatic carbocycles. The van der Waals surface area contributed by atoms with Crippen LogP contribution in [0.15, 0.2) is 60.7 Å². The van der Waals surface area contributed by atoms with Crippen molar-refractivity contribution in [1.82, 2.24) is 24.9 Å². The summed E-state index contributed by atoms with van der Waals surface area (Å²) < 4.78 is 18.9. The summed E-state index contributed by atoms with van der Waals surface area (Å²) in [5, 5.41) is 8.91. The number of carbonyl (C=O) groups is 2. The molecular weight excluding hydrogens is 523 g/mol. The fraction of sp³-hybridized carbons (Fsp3) is 0.419. The van der Waals surface area contributed by atoms with E-state index in [1.54, 1.807) is 4.90 Å². The Kier molecular flexibility index (Phi) is 9.53. The van der Waals surface area contributed by atoms with Crippen molar-refractivity contribution in [2.45, 2.75) is 13.3 Å². The standard InChI is InChI=1S/C31H37FN6O3/c1-24-3-5-25(6-4-24)28-11-12-29(34-33-28)36-13-2-14-37(18-17-36)30(39)23-38(16-15-35-19-21-41-22-20-35)31(40)26-7-9-27(32)10-8-26/h3-12H,2,13-23H2,1H3. The Morgan fingerprint density at radius 3 is 2.34 bits per heavy atom. The highest BCUT2D eigenvalue weighted by Crippen LogP contribution is 2.20. The van der Waals surface area contributed by atoms with E-state index in [4.69, 9.17) is 4.74 Å². The summed E-state index contributed by atoms with van der Waals surface area (Å²) in [5.74, 6) is 0.0203. The Morgan fingerprint density at radius 2 is 1.63 bits per heavy atom. The van der Waals surface area contributed by atoms with Crippen molar-refractivity contribution in [2.75, 3.05) is 77.0 Å². The molecule has 5 rings (SSSR count). The smallest absolute Gasteiger partial charge is 0.254 e. The van der Waals surface area contributed by atoms with E-state index < -0.39 is 5.82 Å². The number of hydrogen-bond donors (Lipinski definition) is 0. The zero-order valence-corrected chi connectivity index (χ0v) is 23.5. The first-order valence-corrected chi connectivity index (χ1v) is 14.2. The minimum absolute atomic E-state index is 0.0222. The SMILES string of the molecule is Cc1ccc(-c2ccc(N3CCCN(C(=O)CN(CCN4CCOCC4)C(=O)c4ccc(F)cc4)CC3)nn2)cc1. The first-order chi connectivity index (χ1) is 20.0. The number of rotatable bonds is 8. The van der Waals surface area contributed by atoms with Crippen molar-refractivity contribution in [3.8, 4) is 11.3 Å². The Hall–Kier alpha value is -3.89. The number of aryl methyl sites for hydroxylation is 1. The van der Waals surface area contributed by atoms with Gasteiger partial charge in [0.25, 0.3) is 5.91 Å². The topological polar surface area (TPSA) is 82.1 Å². The van der Waals surface area contributed by atoms with Crippen molar-refractivity contribution >= 4 is 17.6 Å². The summed E-state index contributed by atoms with van der Waals surface area (Å²) in [7, 11) is 0. The van der Waals surface area contributed by atoms with Gasteiger partial charge in [-0.2, -0.15) is 0 Å². The summed E-state index contributed by atoms with van der Waals surface area (Å²) in [6, 6.07) is 17.6. The second-order valence-electron chi connectivity index (χ2n) is 10.6. The molecule has 41 heavy (non-hydrogen) atoms. The molecule has 2 aliphatic heterocycles. The highest BCUT2D eigenvalue weighted by molar-refractivity contribution is 5.96. The molecule has 0 aliphatic carbocycles. The quantitative estimate of drug-likeness (QED) is 0.419. The lowest BCUT2D eigenvalue weighted by atomic mass is 10.1. The number of ether oxygens (including phenoxy) is 1. The molecule has 3 heterocycles. The molecular formula is C31H37FN6O3. The highest BCUT2D eigenvalue weighted by Gasteiger charge is 2.25. The van der Waals surface area contributed by atoms with E-state index in [9.17, 15) is 14.0 Å². The molecule has 0 bridgehead atoms. The second-order valence-corrected chi connectivity index (χ2v) is 10.6. The Morgan fingerprint density at radius 1 is 0.878 bits per heavy atom. The van der Waals surface area contributed by atoms with Gasteiger partial charge in [-0.25, -0.2) is 4.39 Å². The predicted molar refractivity (Wildman–Crippen MR) is 155 cm³/mol. The molecule has 216 valence electrons. The Bertz CT molecular complexity index is 1300. The maximum atomic E-state index is 13.5. The largest absolute Gasteiger partial charge is 0.379 e. The Balaban J connectivity index is 1.20. The van der Waals surface area contributed by atoms with Crippen LogP contribution in [0.3, 0.4) is 0 Å². The minimum atomic E-state index is -0.402. The summed E-state index contributed by atoms with van der Waals surface area (Å²) in [6.07, 6.45) is 0.785. The molecule has 2 fully saturated rings. The molecule has 2 aliphatic rings. The lowest BCUT2D eigenvalue weighted by molar-refractivity contribution is -0.131. The number of morpholine rings is 1. The van der Waals surface area contributed by atoms with Crippen molar-refractivity contribution in [2.24, 2.45) is 0 Å². The van der Waals surface area contributed by atoms with Gasteiger partial charge in [0.2, 0.25) is 5.91 Å². The number of benzene rings is 2. The highest BCUT2D eigenvalue weighted by atomic mass is 19.1. The van der Waals surface area contributed by atoms with Crippen molar-refractivity contribution in [1.29, 1.82) is 0 Å². The van der Waals surface area contributed by atoms with Crippen LogP contribution in [-0.4, -0.2) is 109 Å². The van der Waals surface area contributed by atoms with Gasteiger partial charge in [0.1, 0.15) is 12.4 Å². The van der Waals surface area contributed by atoms with E-state index in [1.807, 2.05) is 29.2 Å². The van der Waals surface area contributed by atoms with E-state index >= 15 is 0 Å². The zero-order valence-electron chi connectivity index (χ0n) is 23.5. The van der Waals surface area contributed by atoms with Gasteiger partial charge >= 0.3 is 0 Å². The van der Waals surface area contributed by atoms with Crippen molar-refractivity contribution < 1.29 is 18.7 Å². The van der Waals surface area contributed by atoms with Crippen LogP contribution in [-0.2, 0) is 9.53 Å². The molecule has 2 amide bonds. The van der Waals surface area contributed by atoms with Crippen LogP contribution >= 0.6 is 0 Å². The molecule has 0 saturated carbocycles. The van der Waals surface area contributed by atoms with Crippen molar-refractivity contribution in [3.63, 3.8) is 0 Å². The first-order valence-electron chi connectivity index (χ1n) is 14.2. The molecule has 2 saturated heterocycles. The number of carbonyl (C=O) groups excluding carboxylic acids is 2. The summed E-state index contributed by atoms with van der Waals surface area (Å²) in [5.41, 5.74) is 3.41. The average molecular weight is 561 g/mol. The summed E-state index contributed by atoms with van der Waals surface area (Å²) >= 11 is 0. The fourth-order valence-electron chi connectivity index (χ4n) is 5.15. The maximum Gasteiger partial charge on any atom is 0.254 e. The van der Waals surface area contributed by atoms with E-state index in [-0.39, 0.29) is 18.4 Å². The summed E-state index contributed by atoms with van der Waals surface area (Å²) in [4.78, 5) is 34.6. The molecule has 0 atom stereocenters. The van der Waals surface area contributed by atoms with E-state index in [0.717, 1.165) is 43.1 Å². The molecule has 0 N–H and O–H groups in total. The van der Waals surface area contributed by atoms with Gasteiger partial charge in [-0.05, 0) is 49.7 Å². The van der Waals surface area contributed by atoms with Gasteiger partial charge in [-0.15, -0.1) is 10.2 Å². The second kappa shape index (κ2) is 13.6. The van der Waals surface area contributed by atoms with Gasteiger partial charge in [0.15, 0.2) is 5.82 Å². The molecule has 0 radical (unpaired) electrons. The van der Waals surface area contributed by atoms with Crippen LogP contribution in [0.25, 0.3) is 11.3 Å². The number of amides is 2.